The second-order valence-electron chi connectivity index (χ2n) is 4.45. The Labute approximate surface area is 118 Å². The van der Waals surface area contributed by atoms with Crippen LogP contribution in [0, 0.1) is 0 Å². The molecule has 1 amide bonds. The summed E-state index contributed by atoms with van der Waals surface area (Å²) in [6.45, 7) is 1.87. The summed E-state index contributed by atoms with van der Waals surface area (Å²) in [5.74, 6) is 1.04. The number of hydrogen-bond donors (Lipinski definition) is 1. The van der Waals surface area contributed by atoms with Gasteiger partial charge in [0.15, 0.2) is 11.5 Å². The number of amides is 1. The summed E-state index contributed by atoms with van der Waals surface area (Å²) >= 11 is 0. The van der Waals surface area contributed by atoms with Gasteiger partial charge < -0.3 is 24.2 Å². The minimum absolute atomic E-state index is 0.231. The molecular formula is C14H21NO5. The zero-order chi connectivity index (χ0) is 15.3. The van der Waals surface area contributed by atoms with Gasteiger partial charge in [-0.05, 0) is 19.1 Å². The maximum Gasteiger partial charge on any atom is 0.253 e. The van der Waals surface area contributed by atoms with E-state index >= 15 is 0 Å². The third kappa shape index (κ3) is 3.54. The lowest BCUT2D eigenvalue weighted by atomic mass is 10.1. The SMILES string of the molecule is COc1cc(C(=O)N(C)CC(C)O)cc(OC)c1OC. The second-order valence-corrected chi connectivity index (χ2v) is 4.45. The number of nitrogens with zero attached hydrogens (tertiary/aromatic N) is 1. The Morgan fingerprint density at radius 2 is 1.70 bits per heavy atom. The molecule has 112 valence electrons. The van der Waals surface area contributed by atoms with Crippen molar-refractivity contribution in [3.05, 3.63) is 17.7 Å². The van der Waals surface area contributed by atoms with Crippen LogP contribution in [0.4, 0.5) is 0 Å². The number of aliphatic hydroxyl groups excluding tert-OH is 1. The van der Waals surface area contributed by atoms with E-state index in [-0.39, 0.29) is 12.5 Å². The van der Waals surface area contributed by atoms with Crippen molar-refractivity contribution in [3.63, 3.8) is 0 Å². The van der Waals surface area contributed by atoms with Gasteiger partial charge in [-0.1, -0.05) is 0 Å². The van der Waals surface area contributed by atoms with Gasteiger partial charge in [0, 0.05) is 19.2 Å². The molecule has 0 aliphatic heterocycles. The molecule has 0 aliphatic carbocycles. The van der Waals surface area contributed by atoms with Crippen LogP contribution < -0.4 is 14.2 Å². The van der Waals surface area contributed by atoms with Crippen molar-refractivity contribution in [2.45, 2.75) is 13.0 Å². The minimum Gasteiger partial charge on any atom is -0.493 e. The molecule has 0 aromatic heterocycles. The molecule has 1 atom stereocenters. The lowest BCUT2D eigenvalue weighted by Gasteiger charge is -2.20. The van der Waals surface area contributed by atoms with Crippen molar-refractivity contribution in [3.8, 4) is 17.2 Å². The number of methoxy groups -OCH3 is 3. The van der Waals surface area contributed by atoms with Crippen LogP contribution in [0.3, 0.4) is 0 Å². The minimum atomic E-state index is -0.592. The molecular weight excluding hydrogens is 262 g/mol. The summed E-state index contributed by atoms with van der Waals surface area (Å²) in [5.41, 5.74) is 0.405. The zero-order valence-corrected chi connectivity index (χ0v) is 12.5. The maximum atomic E-state index is 12.3. The number of aliphatic hydroxyl groups is 1. The summed E-state index contributed by atoms with van der Waals surface area (Å²) in [6.07, 6.45) is -0.592. The predicted molar refractivity (Wildman–Crippen MR) is 74.7 cm³/mol. The number of carbonyl (C=O) groups excluding carboxylic acids is 1. The Kier molecular flexibility index (Phi) is 5.64. The van der Waals surface area contributed by atoms with Gasteiger partial charge in [-0.3, -0.25) is 4.79 Å². The van der Waals surface area contributed by atoms with E-state index in [1.165, 1.54) is 26.2 Å². The van der Waals surface area contributed by atoms with Crippen LogP contribution in [-0.2, 0) is 0 Å². The Morgan fingerprint density at radius 3 is 2.05 bits per heavy atom. The van der Waals surface area contributed by atoms with E-state index in [0.717, 1.165) is 0 Å². The lowest BCUT2D eigenvalue weighted by Crippen LogP contribution is -2.33. The first-order valence-electron chi connectivity index (χ1n) is 6.18. The molecule has 1 aromatic rings. The van der Waals surface area contributed by atoms with E-state index < -0.39 is 6.10 Å². The van der Waals surface area contributed by atoms with Crippen LogP contribution in [0.15, 0.2) is 12.1 Å². The number of carbonyl (C=O) groups is 1. The number of benzene rings is 1. The van der Waals surface area contributed by atoms with Gasteiger partial charge in [0.1, 0.15) is 0 Å². The van der Waals surface area contributed by atoms with Crippen molar-refractivity contribution in [1.29, 1.82) is 0 Å². The first kappa shape index (κ1) is 16.1. The smallest absolute Gasteiger partial charge is 0.253 e. The lowest BCUT2D eigenvalue weighted by molar-refractivity contribution is 0.0703. The topological polar surface area (TPSA) is 68.2 Å². The fourth-order valence-corrected chi connectivity index (χ4v) is 1.90. The van der Waals surface area contributed by atoms with Gasteiger partial charge in [-0.15, -0.1) is 0 Å². The first-order valence-corrected chi connectivity index (χ1v) is 6.18. The van der Waals surface area contributed by atoms with Gasteiger partial charge in [-0.2, -0.15) is 0 Å². The van der Waals surface area contributed by atoms with Crippen LogP contribution in [-0.4, -0.2) is 56.9 Å². The van der Waals surface area contributed by atoms with Crippen molar-refractivity contribution in [2.24, 2.45) is 0 Å². The Bertz CT molecular complexity index is 448. The number of hydrogen-bond acceptors (Lipinski definition) is 5. The van der Waals surface area contributed by atoms with Gasteiger partial charge >= 0.3 is 0 Å². The number of likely N-dealkylation sites (N-methyl/N-ethyl adjacent to an activating group) is 1. The average molecular weight is 283 g/mol. The van der Waals surface area contributed by atoms with Crippen molar-refractivity contribution in [1.82, 2.24) is 4.90 Å². The van der Waals surface area contributed by atoms with Crippen LogP contribution in [0.25, 0.3) is 0 Å². The van der Waals surface area contributed by atoms with E-state index in [9.17, 15) is 9.90 Å². The van der Waals surface area contributed by atoms with Crippen molar-refractivity contribution in [2.75, 3.05) is 34.9 Å². The molecule has 0 bridgehead atoms. The molecule has 0 saturated carbocycles. The Morgan fingerprint density at radius 1 is 1.20 bits per heavy atom. The largest absolute Gasteiger partial charge is 0.493 e. The van der Waals surface area contributed by atoms with Gasteiger partial charge in [0.25, 0.3) is 5.91 Å². The highest BCUT2D eigenvalue weighted by Gasteiger charge is 2.19. The third-order valence-electron chi connectivity index (χ3n) is 2.80. The fourth-order valence-electron chi connectivity index (χ4n) is 1.90. The van der Waals surface area contributed by atoms with E-state index in [4.69, 9.17) is 14.2 Å². The quantitative estimate of drug-likeness (QED) is 0.848. The summed E-state index contributed by atoms with van der Waals surface area (Å²) in [5, 5.41) is 9.34. The molecule has 0 heterocycles. The van der Waals surface area contributed by atoms with Crippen LogP contribution in [0.5, 0.6) is 17.2 Å². The first-order chi connectivity index (χ1) is 9.44. The molecule has 6 nitrogen and oxygen atoms in total. The molecule has 1 unspecified atom stereocenters. The molecule has 0 fully saturated rings. The summed E-state index contributed by atoms with van der Waals surface area (Å²) in [7, 11) is 6.11. The van der Waals surface area contributed by atoms with E-state index in [2.05, 4.69) is 0 Å². The molecule has 20 heavy (non-hydrogen) atoms. The summed E-state index contributed by atoms with van der Waals surface area (Å²) in [4.78, 5) is 13.7. The molecule has 1 N–H and O–H groups in total. The third-order valence-corrected chi connectivity index (χ3v) is 2.80. The van der Waals surface area contributed by atoms with Crippen LogP contribution in [0.1, 0.15) is 17.3 Å². The monoisotopic (exact) mass is 283 g/mol. The molecule has 0 radical (unpaired) electrons. The van der Waals surface area contributed by atoms with Crippen molar-refractivity contribution < 1.29 is 24.1 Å². The summed E-state index contributed by atoms with van der Waals surface area (Å²) < 4.78 is 15.6. The van der Waals surface area contributed by atoms with Crippen LogP contribution >= 0.6 is 0 Å². The zero-order valence-electron chi connectivity index (χ0n) is 12.5. The fraction of sp³-hybridized carbons (Fsp3) is 0.500. The maximum absolute atomic E-state index is 12.3. The highest BCUT2D eigenvalue weighted by atomic mass is 16.5. The van der Waals surface area contributed by atoms with E-state index in [0.29, 0.717) is 22.8 Å². The molecule has 0 aliphatic rings. The average Bonchev–Trinajstić information content (AvgIpc) is 2.43. The normalized spacial score (nSPS) is 11.7. The van der Waals surface area contributed by atoms with Crippen LogP contribution in [0.2, 0.25) is 0 Å². The van der Waals surface area contributed by atoms with E-state index in [1.54, 1.807) is 26.1 Å². The van der Waals surface area contributed by atoms with Crippen molar-refractivity contribution >= 4 is 5.91 Å². The molecule has 0 saturated heterocycles. The Hall–Kier alpha value is -1.95. The number of rotatable bonds is 6. The molecule has 6 heteroatoms. The highest BCUT2D eigenvalue weighted by molar-refractivity contribution is 5.95. The molecule has 1 aromatic carbocycles. The van der Waals surface area contributed by atoms with Gasteiger partial charge in [-0.25, -0.2) is 0 Å². The van der Waals surface area contributed by atoms with Gasteiger partial charge in [0.2, 0.25) is 5.75 Å². The summed E-state index contributed by atoms with van der Waals surface area (Å²) in [6, 6.07) is 3.17. The second kappa shape index (κ2) is 7.00. The highest BCUT2D eigenvalue weighted by Crippen LogP contribution is 2.38. The Balaban J connectivity index is 3.15. The van der Waals surface area contributed by atoms with Gasteiger partial charge in [0.05, 0.1) is 27.4 Å². The number of ether oxygens (including phenoxy) is 3. The molecule has 0 spiro atoms. The standard InChI is InChI=1S/C14H21NO5/c1-9(16)8-15(2)14(17)10-6-11(18-3)13(20-5)12(7-10)19-4/h6-7,9,16H,8H2,1-5H3. The molecule has 1 rings (SSSR count). The van der Waals surface area contributed by atoms with E-state index in [1.807, 2.05) is 0 Å². The predicted octanol–water partition coefficient (Wildman–Crippen LogP) is 1.17.